The van der Waals surface area contributed by atoms with Crippen LogP contribution in [0.3, 0.4) is 0 Å². The highest BCUT2D eigenvalue weighted by Gasteiger charge is 2.33. The Kier molecular flexibility index (Phi) is 4.78. The molecule has 0 radical (unpaired) electrons. The number of methoxy groups -OCH3 is 1. The number of fused-ring (bicyclic) bond motifs is 1. The standard InChI is InChI=1S/C23H20N6O3/c1-13-21-18(14-6-8-16(30)9-7-14)11-20(31)26-22(21)29(28-13)23-25-19(12-24-27-23)15-4-3-5-17(10-15)32-2/h3-10,12,18,30H,11H2,1-2H3,(H,26,31)/t18-/m0/s1. The lowest BCUT2D eigenvalue weighted by Gasteiger charge is -2.24. The van der Waals surface area contributed by atoms with Crippen LogP contribution >= 0.6 is 0 Å². The summed E-state index contributed by atoms with van der Waals surface area (Å²) in [6.07, 6.45) is 1.85. The summed E-state index contributed by atoms with van der Waals surface area (Å²) in [5.41, 5.74) is 4.00. The maximum Gasteiger partial charge on any atom is 0.272 e. The molecule has 2 aromatic carbocycles. The number of amides is 1. The van der Waals surface area contributed by atoms with Gasteiger partial charge in [-0.15, -0.1) is 5.10 Å². The molecule has 0 aliphatic carbocycles. The number of carbonyl (C=O) groups excluding carboxylic acids is 1. The maximum atomic E-state index is 12.6. The summed E-state index contributed by atoms with van der Waals surface area (Å²) in [5, 5.41) is 25.4. The van der Waals surface area contributed by atoms with E-state index in [9.17, 15) is 9.90 Å². The van der Waals surface area contributed by atoms with Gasteiger partial charge in [0.25, 0.3) is 5.95 Å². The van der Waals surface area contributed by atoms with Crippen LogP contribution in [0.15, 0.2) is 54.7 Å². The summed E-state index contributed by atoms with van der Waals surface area (Å²) in [7, 11) is 1.61. The van der Waals surface area contributed by atoms with E-state index in [0.717, 1.165) is 22.4 Å². The summed E-state index contributed by atoms with van der Waals surface area (Å²) < 4.78 is 6.82. The number of ether oxygens (including phenoxy) is 1. The van der Waals surface area contributed by atoms with Crippen molar-refractivity contribution in [3.05, 3.63) is 71.5 Å². The van der Waals surface area contributed by atoms with Gasteiger partial charge in [0.15, 0.2) is 0 Å². The molecule has 0 saturated heterocycles. The molecule has 0 saturated carbocycles. The minimum atomic E-state index is -0.192. The van der Waals surface area contributed by atoms with Crippen molar-refractivity contribution in [3.63, 3.8) is 0 Å². The van der Waals surface area contributed by atoms with Gasteiger partial charge in [-0.25, -0.2) is 4.98 Å². The quantitative estimate of drug-likeness (QED) is 0.513. The zero-order valence-corrected chi connectivity index (χ0v) is 17.5. The first-order valence-corrected chi connectivity index (χ1v) is 10.1. The van der Waals surface area contributed by atoms with E-state index in [4.69, 9.17) is 4.74 Å². The van der Waals surface area contributed by atoms with Crippen molar-refractivity contribution < 1.29 is 14.6 Å². The van der Waals surface area contributed by atoms with Crippen LogP contribution in [-0.4, -0.2) is 43.1 Å². The van der Waals surface area contributed by atoms with Crippen LogP contribution in [0.5, 0.6) is 11.5 Å². The third-order valence-corrected chi connectivity index (χ3v) is 5.50. The van der Waals surface area contributed by atoms with Crippen molar-refractivity contribution in [3.8, 4) is 28.7 Å². The number of nitrogens with one attached hydrogen (secondary N) is 1. The molecular formula is C23H20N6O3. The third kappa shape index (κ3) is 3.43. The van der Waals surface area contributed by atoms with Gasteiger partial charge >= 0.3 is 0 Å². The zero-order chi connectivity index (χ0) is 22.2. The molecule has 0 bridgehead atoms. The minimum Gasteiger partial charge on any atom is -0.508 e. The largest absolute Gasteiger partial charge is 0.508 e. The molecule has 2 N–H and O–H groups in total. The Hall–Kier alpha value is -4.27. The summed E-state index contributed by atoms with van der Waals surface area (Å²) >= 11 is 0. The summed E-state index contributed by atoms with van der Waals surface area (Å²) in [5.74, 6) is 1.34. The molecule has 32 heavy (non-hydrogen) atoms. The second-order valence-corrected chi connectivity index (χ2v) is 7.53. The maximum absolute atomic E-state index is 12.6. The van der Waals surface area contributed by atoms with Gasteiger partial charge in [0.05, 0.1) is 24.7 Å². The molecule has 0 fully saturated rings. The third-order valence-electron chi connectivity index (χ3n) is 5.50. The first-order valence-electron chi connectivity index (χ1n) is 10.1. The monoisotopic (exact) mass is 428 g/mol. The van der Waals surface area contributed by atoms with Crippen molar-refractivity contribution in [2.24, 2.45) is 0 Å². The fourth-order valence-corrected chi connectivity index (χ4v) is 3.99. The predicted molar refractivity (Wildman–Crippen MR) is 117 cm³/mol. The van der Waals surface area contributed by atoms with Crippen LogP contribution < -0.4 is 10.1 Å². The smallest absolute Gasteiger partial charge is 0.272 e. The van der Waals surface area contributed by atoms with Gasteiger partial charge in [0.2, 0.25) is 5.91 Å². The van der Waals surface area contributed by atoms with E-state index >= 15 is 0 Å². The van der Waals surface area contributed by atoms with Crippen molar-refractivity contribution in [1.29, 1.82) is 0 Å². The number of aromatic hydroxyl groups is 1. The number of hydrogen-bond acceptors (Lipinski definition) is 7. The molecule has 3 heterocycles. The molecule has 0 spiro atoms. The number of phenolic OH excluding ortho intramolecular Hbond substituents is 1. The molecular weight excluding hydrogens is 408 g/mol. The molecule has 1 atom stereocenters. The molecule has 1 aliphatic rings. The van der Waals surface area contributed by atoms with E-state index in [0.29, 0.717) is 17.3 Å². The molecule has 160 valence electrons. The van der Waals surface area contributed by atoms with E-state index in [1.54, 1.807) is 25.4 Å². The van der Waals surface area contributed by atoms with Crippen LogP contribution in [0, 0.1) is 6.92 Å². The number of rotatable bonds is 4. The first-order chi connectivity index (χ1) is 15.5. The summed E-state index contributed by atoms with van der Waals surface area (Å²) in [6, 6.07) is 14.4. The number of anilines is 1. The lowest BCUT2D eigenvalue weighted by molar-refractivity contribution is -0.116. The van der Waals surface area contributed by atoms with Gasteiger partial charge in [-0.1, -0.05) is 24.3 Å². The highest BCUT2D eigenvalue weighted by molar-refractivity contribution is 5.95. The van der Waals surface area contributed by atoms with Gasteiger partial charge in [0, 0.05) is 23.5 Å². The normalized spacial score (nSPS) is 15.2. The lowest BCUT2D eigenvalue weighted by Crippen LogP contribution is -2.25. The van der Waals surface area contributed by atoms with Gasteiger partial charge in [0.1, 0.15) is 17.3 Å². The number of benzene rings is 2. The van der Waals surface area contributed by atoms with Crippen molar-refractivity contribution >= 4 is 11.7 Å². The molecule has 5 rings (SSSR count). The Morgan fingerprint density at radius 3 is 2.78 bits per heavy atom. The van der Waals surface area contributed by atoms with Gasteiger partial charge in [-0.3, -0.25) is 4.79 Å². The Bertz CT molecular complexity index is 1320. The molecule has 9 heteroatoms. The highest BCUT2D eigenvalue weighted by Crippen LogP contribution is 2.40. The number of aryl methyl sites for hydroxylation is 1. The number of nitrogens with zero attached hydrogens (tertiary/aromatic N) is 5. The number of hydrogen-bond donors (Lipinski definition) is 2. The predicted octanol–water partition coefficient (Wildman–Crippen LogP) is 3.22. The fraction of sp³-hybridized carbons (Fsp3) is 0.174. The fourth-order valence-electron chi connectivity index (χ4n) is 3.99. The minimum absolute atomic E-state index is 0.131. The molecule has 9 nitrogen and oxygen atoms in total. The van der Waals surface area contributed by atoms with Crippen molar-refractivity contribution in [1.82, 2.24) is 25.0 Å². The van der Waals surface area contributed by atoms with E-state index in [2.05, 4.69) is 25.6 Å². The Morgan fingerprint density at radius 1 is 1.19 bits per heavy atom. The van der Waals surface area contributed by atoms with Crippen molar-refractivity contribution in [2.75, 3.05) is 12.4 Å². The van der Waals surface area contributed by atoms with E-state index in [-0.39, 0.29) is 29.9 Å². The van der Waals surface area contributed by atoms with Crippen LogP contribution in [0.4, 0.5) is 5.82 Å². The van der Waals surface area contributed by atoms with Crippen molar-refractivity contribution in [2.45, 2.75) is 19.3 Å². The van der Waals surface area contributed by atoms with E-state index in [1.807, 2.05) is 43.3 Å². The Morgan fingerprint density at radius 2 is 2.00 bits per heavy atom. The lowest BCUT2D eigenvalue weighted by atomic mass is 9.86. The molecule has 0 unspecified atom stereocenters. The van der Waals surface area contributed by atoms with Crippen LogP contribution in [-0.2, 0) is 4.79 Å². The van der Waals surface area contributed by atoms with Gasteiger partial charge < -0.3 is 15.2 Å². The second-order valence-electron chi connectivity index (χ2n) is 7.53. The summed E-state index contributed by atoms with van der Waals surface area (Å²) in [6.45, 7) is 1.89. The Labute approximate surface area is 183 Å². The average molecular weight is 428 g/mol. The summed E-state index contributed by atoms with van der Waals surface area (Å²) in [4.78, 5) is 17.2. The average Bonchev–Trinajstić information content (AvgIpc) is 3.15. The molecule has 1 aliphatic heterocycles. The SMILES string of the molecule is COc1cccc(-c2cnnc(-n3nc(C)c4c3NC(=O)C[C@H]4c3ccc(O)cc3)n2)c1. The topological polar surface area (TPSA) is 115 Å². The van der Waals surface area contributed by atoms with Crippen LogP contribution in [0.25, 0.3) is 17.2 Å². The molecule has 1 amide bonds. The van der Waals surface area contributed by atoms with E-state index < -0.39 is 0 Å². The van der Waals surface area contributed by atoms with Crippen LogP contribution in [0.1, 0.15) is 29.2 Å². The molecule has 4 aromatic rings. The molecule has 2 aromatic heterocycles. The van der Waals surface area contributed by atoms with Gasteiger partial charge in [-0.05, 0) is 36.8 Å². The van der Waals surface area contributed by atoms with E-state index in [1.165, 1.54) is 4.68 Å². The van der Waals surface area contributed by atoms with Crippen LogP contribution in [0.2, 0.25) is 0 Å². The Balaban J connectivity index is 1.60. The number of carbonyl (C=O) groups is 1. The second kappa shape index (κ2) is 7.77. The zero-order valence-electron chi connectivity index (χ0n) is 17.5. The van der Waals surface area contributed by atoms with Gasteiger partial charge in [-0.2, -0.15) is 14.9 Å². The highest BCUT2D eigenvalue weighted by atomic mass is 16.5. The number of phenols is 1. The first kappa shape index (κ1) is 19.7. The number of aromatic nitrogens is 5.